The van der Waals surface area contributed by atoms with Crippen molar-refractivity contribution in [2.45, 2.75) is 111 Å². The van der Waals surface area contributed by atoms with Crippen molar-refractivity contribution in [1.29, 1.82) is 0 Å². The van der Waals surface area contributed by atoms with Crippen molar-refractivity contribution < 1.29 is 43.2 Å². The van der Waals surface area contributed by atoms with Crippen LogP contribution in [0.4, 0.5) is 0 Å². The van der Waals surface area contributed by atoms with Gasteiger partial charge in [-0.25, -0.2) is 9.97 Å². The highest BCUT2D eigenvalue weighted by Crippen LogP contribution is 2.32. The zero-order valence-corrected chi connectivity index (χ0v) is 47.5. The molecule has 5 aromatic rings. The van der Waals surface area contributed by atoms with Gasteiger partial charge in [-0.1, -0.05) is 70.1 Å². The highest BCUT2D eigenvalue weighted by Gasteiger charge is 2.42. The maximum absolute atomic E-state index is 15.1. The van der Waals surface area contributed by atoms with Crippen molar-refractivity contribution in [1.82, 2.24) is 72.4 Å². The zero-order valence-electron chi connectivity index (χ0n) is 45.1. The molecule has 0 aliphatic carbocycles. The van der Waals surface area contributed by atoms with Gasteiger partial charge in [-0.2, -0.15) is 0 Å². The molecule has 0 unspecified atom stereocenters. The van der Waals surface area contributed by atoms with Crippen LogP contribution in [0.5, 0.6) is 0 Å². The molecular weight excluding hydrogens is 1130 g/mol. The number of nitrogens with zero attached hydrogens (tertiary/aromatic N) is 4. The lowest BCUT2D eigenvalue weighted by molar-refractivity contribution is -0.140. The van der Waals surface area contributed by atoms with Crippen molar-refractivity contribution >= 4 is 103 Å². The quantitative estimate of drug-likeness (QED) is 0.0225. The van der Waals surface area contributed by atoms with E-state index in [4.69, 9.17) is 17.2 Å². The molecule has 3 saturated heterocycles. The third kappa shape index (κ3) is 17.0. The first-order chi connectivity index (χ1) is 40.1. The molecule has 17 N–H and O–H groups in total. The summed E-state index contributed by atoms with van der Waals surface area (Å²) in [7, 11) is 1.80. The average molecular weight is 1200 g/mol. The number of thioether (sulfide) groups is 1. The Bertz CT molecular complexity index is 3090. The molecule has 9 atom stereocenters. The van der Waals surface area contributed by atoms with Crippen LogP contribution < -0.4 is 59.7 Å². The van der Waals surface area contributed by atoms with Gasteiger partial charge in [-0.3, -0.25) is 48.1 Å². The number of aromatic nitrogens is 5. The number of carbonyl (C=O) groups excluding carboxylic acids is 9. The van der Waals surface area contributed by atoms with Crippen LogP contribution in [0.2, 0.25) is 0 Å². The van der Waals surface area contributed by atoms with E-state index in [0.717, 1.165) is 32.5 Å². The Balaban J connectivity index is 1.22. The van der Waals surface area contributed by atoms with Gasteiger partial charge in [0.1, 0.15) is 48.3 Å². The minimum Gasteiger partial charge on any atom is -0.370 e. The van der Waals surface area contributed by atoms with E-state index in [9.17, 15) is 28.8 Å². The SMILES string of the molecule is NCCCC[C@@H]1NC(=O)[C@@H]2CSS[C@H](NC(=O)[C@H](CCCN=C(N)N)NC1=O)C(=O)N1CSC[C@H]1C(=O)N[C@@H](Cc1cnc[nH]1)C(=O)N[C@H](Cc1ccccc1)C(=O)N[C@@H](Cc1cnc[nH]1)C(=O)N[C@@H](Cc1c[nH]c3ccccc13)C(=O)N2. The van der Waals surface area contributed by atoms with Crippen molar-refractivity contribution in [3.63, 3.8) is 0 Å². The summed E-state index contributed by atoms with van der Waals surface area (Å²) in [5.41, 5.74) is 19.9. The molecule has 83 heavy (non-hydrogen) atoms. The van der Waals surface area contributed by atoms with Crippen LogP contribution in [0.3, 0.4) is 0 Å². The Morgan fingerprint density at radius 2 is 1.13 bits per heavy atom. The highest BCUT2D eigenvalue weighted by atomic mass is 33.1. The second-order valence-corrected chi connectivity index (χ2v) is 23.6. The largest absolute Gasteiger partial charge is 0.370 e. The normalized spacial score (nSPS) is 24.7. The van der Waals surface area contributed by atoms with E-state index in [-0.39, 0.29) is 81.4 Å². The van der Waals surface area contributed by atoms with Crippen molar-refractivity contribution in [3.05, 3.63) is 108 Å². The first-order valence-corrected chi connectivity index (χ1v) is 30.6. The smallest absolute Gasteiger partial charge is 0.257 e. The summed E-state index contributed by atoms with van der Waals surface area (Å²) in [5, 5.41) is 21.7. The van der Waals surface area contributed by atoms with E-state index in [0.29, 0.717) is 35.4 Å². The van der Waals surface area contributed by atoms with Crippen LogP contribution in [-0.2, 0) is 68.8 Å². The monoisotopic (exact) mass is 1200 g/mol. The Hall–Kier alpha value is -8.09. The number of nitrogens with two attached hydrogens (primary N) is 3. The number of unbranched alkanes of at least 4 members (excludes halogenated alkanes) is 1. The molecule has 3 aliphatic rings. The van der Waals surface area contributed by atoms with Gasteiger partial charge in [0.2, 0.25) is 47.3 Å². The molecule has 3 aromatic heterocycles. The van der Waals surface area contributed by atoms with Crippen molar-refractivity contribution in [3.8, 4) is 0 Å². The maximum Gasteiger partial charge on any atom is 0.257 e. The number of guanidine groups is 1. The van der Waals surface area contributed by atoms with Crippen LogP contribution in [0.1, 0.15) is 54.6 Å². The fourth-order valence-electron chi connectivity index (χ4n) is 9.62. The topological polar surface area (TPSA) is 417 Å². The molecule has 2 bridgehead atoms. The lowest BCUT2D eigenvalue weighted by atomic mass is 10.0. The van der Waals surface area contributed by atoms with E-state index in [1.54, 1.807) is 36.5 Å². The number of fused-ring (bicyclic) bond motifs is 6. The Kier molecular flexibility index (Phi) is 21.9. The fraction of sp³-hybridized carbons (Fsp3) is 0.434. The fourth-order valence-corrected chi connectivity index (χ4v) is 13.2. The number of hydrogen-bond acceptors (Lipinski definition) is 16. The third-order valence-electron chi connectivity index (χ3n) is 14.0. The summed E-state index contributed by atoms with van der Waals surface area (Å²) in [6.45, 7) is 0.366. The molecule has 30 heteroatoms. The molecule has 0 saturated carbocycles. The predicted octanol–water partition coefficient (Wildman–Crippen LogP) is -1.79. The first-order valence-electron chi connectivity index (χ1n) is 27.0. The van der Waals surface area contributed by atoms with Crippen LogP contribution in [0.15, 0.2) is 90.8 Å². The van der Waals surface area contributed by atoms with Gasteiger partial charge in [0.05, 0.1) is 18.5 Å². The van der Waals surface area contributed by atoms with Gasteiger partial charge in [0, 0.05) is 84.6 Å². The van der Waals surface area contributed by atoms with Gasteiger partial charge in [0.25, 0.3) is 5.91 Å². The molecule has 6 heterocycles. The molecule has 9 amide bonds. The van der Waals surface area contributed by atoms with Crippen LogP contribution in [0, 0.1) is 0 Å². The Morgan fingerprint density at radius 3 is 1.77 bits per heavy atom. The number of aromatic amines is 3. The zero-order chi connectivity index (χ0) is 58.8. The van der Waals surface area contributed by atoms with E-state index < -0.39 is 107 Å². The minimum atomic E-state index is -1.47. The van der Waals surface area contributed by atoms with E-state index in [1.165, 1.54) is 41.7 Å². The number of nitrogens with one attached hydrogen (secondary N) is 11. The minimum absolute atomic E-state index is 0.0147. The summed E-state index contributed by atoms with van der Waals surface area (Å²) >= 11 is 1.25. The van der Waals surface area contributed by atoms with Gasteiger partial charge in [0.15, 0.2) is 11.3 Å². The highest BCUT2D eigenvalue weighted by molar-refractivity contribution is 8.77. The summed E-state index contributed by atoms with van der Waals surface area (Å²) in [6.07, 6.45) is 8.04. The van der Waals surface area contributed by atoms with Gasteiger partial charge < -0.3 is 79.6 Å². The number of aliphatic imine (C=N–C) groups is 1. The Labute approximate surface area is 489 Å². The molecule has 442 valence electrons. The number of rotatable bonds is 16. The standard InChI is InChI=1S/C53H68N18O9S3/c54-15-7-6-13-35-43(72)63-36(14-8-16-59-53(55)56)44(73)70-51-52(80)71-28-81-25-42(71)50(79)68-40(20-32-23-58-27-62-32)48(77)65-37(17-29-9-2-1-3-10-29)45(74)67-39(19-31-22-57-26-61-31)47(76)66-38(18-30-21-60-34-12-5-4-11-33(30)34)46(75)69-41(24-82-83-51)49(78)64-35/h1-5,9-12,21-23,26-27,35-42,51,60H,6-8,13-20,24-25,28,54H2,(H,57,61)(H,58,62)(H,63,72)(H,64,78)(H,65,77)(H,66,76)(H,67,74)(H,68,79)(H,69,75)(H,70,73)(H4,55,56,59)/t35-,36-,37+,38-,39-,40-,41-,42-,51-/m0/s1. The van der Waals surface area contributed by atoms with Crippen LogP contribution in [-0.4, -0.2) is 173 Å². The van der Waals surface area contributed by atoms with E-state index in [1.807, 2.05) is 24.3 Å². The maximum atomic E-state index is 15.1. The van der Waals surface area contributed by atoms with Crippen molar-refractivity contribution in [2.75, 3.05) is 30.5 Å². The molecular formula is C53H68N18O9S3. The summed E-state index contributed by atoms with van der Waals surface area (Å²) in [4.78, 5) is 156. The molecule has 3 fully saturated rings. The molecule has 27 nitrogen and oxygen atoms in total. The average Bonchev–Trinajstić information content (AvgIpc) is 4.46. The molecule has 2 aromatic carbocycles. The summed E-state index contributed by atoms with van der Waals surface area (Å²) < 4.78 is 0. The van der Waals surface area contributed by atoms with Gasteiger partial charge in [-0.15, -0.1) is 11.8 Å². The number of hydrogen-bond donors (Lipinski definition) is 14. The molecule has 8 rings (SSSR count). The lowest BCUT2D eigenvalue weighted by Gasteiger charge is -2.30. The predicted molar refractivity (Wildman–Crippen MR) is 313 cm³/mol. The van der Waals surface area contributed by atoms with Crippen LogP contribution in [0.25, 0.3) is 10.9 Å². The molecule has 0 radical (unpaired) electrons. The number of para-hydroxylation sites is 1. The number of benzene rings is 2. The molecule has 0 spiro atoms. The number of H-pyrrole nitrogens is 3. The Morgan fingerprint density at radius 1 is 0.578 bits per heavy atom. The van der Waals surface area contributed by atoms with E-state index >= 15 is 14.4 Å². The number of carbonyl (C=O) groups is 9. The number of imidazole rings is 2. The van der Waals surface area contributed by atoms with Crippen molar-refractivity contribution in [2.24, 2.45) is 22.2 Å². The van der Waals surface area contributed by atoms with Crippen LogP contribution >= 0.6 is 33.3 Å². The van der Waals surface area contributed by atoms with E-state index in [2.05, 4.69) is 72.4 Å². The first kappa shape index (κ1) is 61.0. The summed E-state index contributed by atoms with van der Waals surface area (Å²) in [6, 6.07) is 5.34. The summed E-state index contributed by atoms with van der Waals surface area (Å²) in [5.74, 6) is -7.41. The van der Waals surface area contributed by atoms with Gasteiger partial charge in [-0.05, 0) is 55.8 Å². The second kappa shape index (κ2) is 29.8. The molecule has 3 aliphatic heterocycles. The van der Waals surface area contributed by atoms with Gasteiger partial charge >= 0.3 is 0 Å². The lowest BCUT2D eigenvalue weighted by Crippen LogP contribution is -2.61. The second-order valence-electron chi connectivity index (χ2n) is 20.1. The third-order valence-corrected chi connectivity index (χ3v) is 17.6. The number of amides is 9.